The van der Waals surface area contributed by atoms with E-state index in [4.69, 9.17) is 9.25 Å². The standard InChI is InChI=1S/C27H41N3O3/c1-26-12-9-19(29-32-14-11-25-28-16-20(33-25)17-30(3)4)15-18(26)5-6-21-22-7-8-24(31)27(22,2)13-10-23(21)26/h15-16,21-24,31H,5-14,17H2,1-4H3/t21?,22?,23-,24?,26?,27?/m1/s1. The minimum atomic E-state index is -0.0913. The molecule has 5 unspecified atom stereocenters. The fraction of sp³-hybridized carbons (Fsp3) is 0.778. The Bertz CT molecular complexity index is 921. The molecule has 0 radical (unpaired) electrons. The number of aliphatic hydroxyl groups excluding tert-OH is 1. The van der Waals surface area contributed by atoms with Gasteiger partial charge in [-0.3, -0.25) is 0 Å². The Balaban J connectivity index is 1.20. The molecule has 0 amide bonds. The van der Waals surface area contributed by atoms with Gasteiger partial charge in [0, 0.05) is 0 Å². The van der Waals surface area contributed by atoms with Crippen molar-refractivity contribution in [1.29, 1.82) is 0 Å². The van der Waals surface area contributed by atoms with Crippen LogP contribution in [-0.4, -0.2) is 47.5 Å². The van der Waals surface area contributed by atoms with E-state index >= 15 is 0 Å². The molecule has 4 aliphatic carbocycles. The predicted octanol–water partition coefficient (Wildman–Crippen LogP) is 4.98. The molecule has 0 aliphatic heterocycles. The van der Waals surface area contributed by atoms with Crippen molar-refractivity contribution in [2.24, 2.45) is 33.7 Å². The van der Waals surface area contributed by atoms with Crippen molar-refractivity contribution in [3.05, 3.63) is 29.5 Å². The molecular weight excluding hydrogens is 414 g/mol. The third-order valence-corrected chi connectivity index (χ3v) is 9.59. The van der Waals surface area contributed by atoms with Crippen LogP contribution in [0, 0.1) is 28.6 Å². The lowest BCUT2D eigenvalue weighted by Crippen LogP contribution is -2.51. The van der Waals surface area contributed by atoms with Crippen LogP contribution in [0.5, 0.6) is 0 Å². The van der Waals surface area contributed by atoms with Crippen molar-refractivity contribution >= 4 is 5.71 Å². The first-order valence-electron chi connectivity index (χ1n) is 13.0. The number of allylic oxidation sites excluding steroid dienone is 2. The minimum Gasteiger partial charge on any atom is -0.444 e. The Morgan fingerprint density at radius 1 is 1.15 bits per heavy atom. The minimum absolute atomic E-state index is 0.0913. The lowest BCUT2D eigenvalue weighted by atomic mass is 9.47. The van der Waals surface area contributed by atoms with Gasteiger partial charge in [0.2, 0.25) is 0 Å². The molecule has 1 heterocycles. The van der Waals surface area contributed by atoms with Gasteiger partial charge in [-0.1, -0.05) is 24.6 Å². The average molecular weight is 456 g/mol. The highest BCUT2D eigenvalue weighted by molar-refractivity contribution is 5.96. The van der Waals surface area contributed by atoms with Crippen molar-refractivity contribution < 1.29 is 14.4 Å². The zero-order valence-electron chi connectivity index (χ0n) is 20.8. The molecule has 1 aromatic heterocycles. The molecule has 0 saturated heterocycles. The fourth-order valence-electron chi connectivity index (χ4n) is 7.73. The number of oxazole rings is 1. The van der Waals surface area contributed by atoms with Crippen LogP contribution >= 0.6 is 0 Å². The maximum atomic E-state index is 10.7. The molecule has 3 saturated carbocycles. The molecule has 0 aromatic carbocycles. The van der Waals surface area contributed by atoms with E-state index in [2.05, 4.69) is 35.0 Å². The number of hydrogen-bond acceptors (Lipinski definition) is 6. The van der Waals surface area contributed by atoms with E-state index in [-0.39, 0.29) is 16.9 Å². The van der Waals surface area contributed by atoms with Gasteiger partial charge in [-0.25, -0.2) is 4.98 Å². The van der Waals surface area contributed by atoms with Crippen molar-refractivity contribution in [2.75, 3.05) is 20.7 Å². The van der Waals surface area contributed by atoms with Gasteiger partial charge in [-0.2, -0.15) is 0 Å². The van der Waals surface area contributed by atoms with E-state index in [1.54, 1.807) is 11.8 Å². The zero-order chi connectivity index (χ0) is 23.2. The molecule has 1 N–H and O–H groups in total. The van der Waals surface area contributed by atoms with Crippen LogP contribution in [0.15, 0.2) is 27.4 Å². The van der Waals surface area contributed by atoms with Crippen LogP contribution in [0.4, 0.5) is 0 Å². The van der Waals surface area contributed by atoms with Gasteiger partial charge in [0.15, 0.2) is 5.89 Å². The summed E-state index contributed by atoms with van der Waals surface area (Å²) in [5.41, 5.74) is 3.11. The lowest BCUT2D eigenvalue weighted by molar-refractivity contribution is -0.0722. The molecule has 182 valence electrons. The molecule has 6 nitrogen and oxygen atoms in total. The van der Waals surface area contributed by atoms with Gasteiger partial charge < -0.3 is 19.3 Å². The number of rotatable bonds is 6. The van der Waals surface area contributed by atoms with Crippen molar-refractivity contribution in [1.82, 2.24) is 9.88 Å². The third kappa shape index (κ3) is 4.18. The van der Waals surface area contributed by atoms with Gasteiger partial charge >= 0.3 is 0 Å². The average Bonchev–Trinajstić information content (AvgIpc) is 3.34. The Kier molecular flexibility index (Phi) is 6.19. The summed E-state index contributed by atoms with van der Waals surface area (Å²) in [6.45, 7) is 6.11. The highest BCUT2D eigenvalue weighted by Crippen LogP contribution is 2.65. The summed E-state index contributed by atoms with van der Waals surface area (Å²) in [7, 11) is 4.03. The molecule has 6 heteroatoms. The molecule has 0 spiro atoms. The summed E-state index contributed by atoms with van der Waals surface area (Å²) in [4.78, 5) is 12.1. The van der Waals surface area contributed by atoms with E-state index in [1.165, 1.54) is 38.5 Å². The van der Waals surface area contributed by atoms with Gasteiger partial charge in [0.25, 0.3) is 0 Å². The third-order valence-electron chi connectivity index (χ3n) is 9.59. The summed E-state index contributed by atoms with van der Waals surface area (Å²) < 4.78 is 5.76. The molecule has 6 atom stereocenters. The van der Waals surface area contributed by atoms with Gasteiger partial charge in [-0.15, -0.1) is 0 Å². The number of aliphatic hydroxyl groups is 1. The normalized spacial score (nSPS) is 39.2. The maximum absolute atomic E-state index is 10.7. The molecular formula is C27H41N3O3. The smallest absolute Gasteiger partial charge is 0.197 e. The quantitative estimate of drug-likeness (QED) is 0.484. The van der Waals surface area contributed by atoms with E-state index in [0.29, 0.717) is 24.8 Å². The summed E-state index contributed by atoms with van der Waals surface area (Å²) in [6, 6.07) is 0. The summed E-state index contributed by atoms with van der Waals surface area (Å²) in [5, 5.41) is 15.1. The SMILES string of the molecule is CN(C)Cc1cnc(CCON=C2C=C3CCC4C5CCC(O)C5(C)CC[C@H]4C3(C)CC2)o1. The maximum Gasteiger partial charge on any atom is 0.197 e. The lowest BCUT2D eigenvalue weighted by Gasteiger charge is -2.57. The molecule has 33 heavy (non-hydrogen) atoms. The van der Waals surface area contributed by atoms with Crippen molar-refractivity contribution in [3.63, 3.8) is 0 Å². The van der Waals surface area contributed by atoms with E-state index in [9.17, 15) is 5.11 Å². The van der Waals surface area contributed by atoms with E-state index < -0.39 is 0 Å². The monoisotopic (exact) mass is 455 g/mol. The molecule has 3 fully saturated rings. The summed E-state index contributed by atoms with van der Waals surface area (Å²) >= 11 is 0. The topological polar surface area (TPSA) is 71.1 Å². The first-order valence-corrected chi connectivity index (χ1v) is 13.0. The second kappa shape index (κ2) is 8.84. The summed E-state index contributed by atoms with van der Waals surface area (Å²) in [6.07, 6.45) is 13.9. The Labute approximate surface area is 198 Å². The molecule has 1 aromatic rings. The largest absolute Gasteiger partial charge is 0.444 e. The molecule has 0 bridgehead atoms. The number of oxime groups is 1. The Hall–Kier alpha value is -1.66. The van der Waals surface area contributed by atoms with Crippen molar-refractivity contribution in [2.45, 2.75) is 84.3 Å². The van der Waals surface area contributed by atoms with Crippen LogP contribution in [0.3, 0.4) is 0 Å². The summed E-state index contributed by atoms with van der Waals surface area (Å²) in [5.74, 6) is 3.82. The fourth-order valence-corrected chi connectivity index (χ4v) is 7.73. The second-order valence-corrected chi connectivity index (χ2v) is 11.8. The predicted molar refractivity (Wildman–Crippen MR) is 129 cm³/mol. The highest BCUT2D eigenvalue weighted by Gasteiger charge is 2.58. The van der Waals surface area contributed by atoms with Crippen LogP contribution in [0.25, 0.3) is 0 Å². The molecule has 5 rings (SSSR count). The van der Waals surface area contributed by atoms with Gasteiger partial charge in [-0.05, 0) is 100 Å². The highest BCUT2D eigenvalue weighted by atomic mass is 16.6. The van der Waals surface area contributed by atoms with Gasteiger partial charge in [0.05, 0.1) is 31.0 Å². The van der Waals surface area contributed by atoms with Crippen molar-refractivity contribution in [3.8, 4) is 0 Å². The zero-order valence-corrected chi connectivity index (χ0v) is 20.8. The first-order chi connectivity index (χ1) is 15.8. The Morgan fingerprint density at radius 2 is 2.00 bits per heavy atom. The van der Waals surface area contributed by atoms with Crippen LogP contribution in [0.1, 0.15) is 76.9 Å². The van der Waals surface area contributed by atoms with Crippen LogP contribution in [0.2, 0.25) is 0 Å². The van der Waals surface area contributed by atoms with E-state index in [0.717, 1.165) is 42.7 Å². The molecule has 4 aliphatic rings. The van der Waals surface area contributed by atoms with E-state index in [1.807, 2.05) is 14.1 Å². The number of hydrogen-bond donors (Lipinski definition) is 1. The number of aromatic nitrogens is 1. The number of nitrogens with zero attached hydrogens (tertiary/aromatic N) is 3. The van der Waals surface area contributed by atoms with Crippen LogP contribution in [-0.2, 0) is 17.8 Å². The Morgan fingerprint density at radius 3 is 2.82 bits per heavy atom. The first kappa shape index (κ1) is 23.1. The second-order valence-electron chi connectivity index (χ2n) is 11.8. The van der Waals surface area contributed by atoms with Gasteiger partial charge in [0.1, 0.15) is 12.4 Å². The van der Waals surface area contributed by atoms with Crippen LogP contribution < -0.4 is 0 Å². The number of fused-ring (bicyclic) bond motifs is 5.